The molecule has 0 spiro atoms. The van der Waals surface area contributed by atoms with E-state index < -0.39 is 0 Å². The second kappa shape index (κ2) is 10.6. The SMILES string of the molecule is CCCCC#Cc1c(CCCC)cc(C)cc1-c1ccc(C(=O)OC)cc1. The van der Waals surface area contributed by atoms with Crippen LogP contribution in [0, 0.1) is 18.8 Å². The lowest BCUT2D eigenvalue weighted by atomic mass is 9.90. The van der Waals surface area contributed by atoms with E-state index in [9.17, 15) is 4.79 Å². The molecule has 0 amide bonds. The molecule has 0 aromatic heterocycles. The number of hydrogen-bond donors (Lipinski definition) is 0. The Morgan fingerprint density at radius 1 is 1.04 bits per heavy atom. The fourth-order valence-electron chi connectivity index (χ4n) is 3.12. The Bertz CT molecular complexity index is 820. The van der Waals surface area contributed by atoms with Crippen LogP contribution >= 0.6 is 0 Å². The zero-order valence-electron chi connectivity index (χ0n) is 17.0. The molecule has 0 atom stereocenters. The Kier molecular flexibility index (Phi) is 8.14. The minimum atomic E-state index is -0.311. The molecule has 2 aromatic carbocycles. The Morgan fingerprint density at radius 3 is 2.37 bits per heavy atom. The Labute approximate surface area is 164 Å². The van der Waals surface area contributed by atoms with Crippen molar-refractivity contribution in [2.45, 2.75) is 59.3 Å². The lowest BCUT2D eigenvalue weighted by molar-refractivity contribution is 0.0601. The molecule has 0 aliphatic rings. The standard InChI is InChI=1S/C25H30O2/c1-5-7-9-10-12-23-22(11-8-6-2)17-19(3)18-24(23)20-13-15-21(16-14-20)25(26)27-4/h13-18H,5-9,11H2,1-4H3. The number of esters is 1. The molecular weight excluding hydrogens is 332 g/mol. The van der Waals surface area contributed by atoms with E-state index in [1.807, 2.05) is 24.3 Å². The van der Waals surface area contributed by atoms with Crippen molar-refractivity contribution in [1.82, 2.24) is 0 Å². The summed E-state index contributed by atoms with van der Waals surface area (Å²) in [5, 5.41) is 0. The van der Waals surface area contributed by atoms with Crippen molar-refractivity contribution >= 4 is 5.97 Å². The molecule has 0 fully saturated rings. The molecular formula is C25H30O2. The highest BCUT2D eigenvalue weighted by Crippen LogP contribution is 2.29. The van der Waals surface area contributed by atoms with Crippen LogP contribution in [0.3, 0.4) is 0 Å². The molecule has 0 unspecified atom stereocenters. The van der Waals surface area contributed by atoms with E-state index in [0.29, 0.717) is 5.56 Å². The zero-order chi connectivity index (χ0) is 19.6. The summed E-state index contributed by atoms with van der Waals surface area (Å²) in [6.07, 6.45) is 6.59. The molecule has 0 bridgehead atoms. The molecule has 0 heterocycles. The molecule has 0 aliphatic heterocycles. The molecule has 2 heteroatoms. The first kappa shape index (κ1) is 20.8. The lowest BCUT2D eigenvalue weighted by Gasteiger charge is -2.13. The van der Waals surface area contributed by atoms with Gasteiger partial charge in [-0.25, -0.2) is 4.79 Å². The Morgan fingerprint density at radius 2 is 1.74 bits per heavy atom. The normalized spacial score (nSPS) is 10.2. The largest absolute Gasteiger partial charge is 0.465 e. The fourth-order valence-corrected chi connectivity index (χ4v) is 3.12. The van der Waals surface area contributed by atoms with Gasteiger partial charge in [-0.2, -0.15) is 0 Å². The molecule has 0 saturated heterocycles. The van der Waals surface area contributed by atoms with Gasteiger partial charge in [0.15, 0.2) is 0 Å². The van der Waals surface area contributed by atoms with E-state index >= 15 is 0 Å². The van der Waals surface area contributed by atoms with Crippen molar-refractivity contribution < 1.29 is 9.53 Å². The Hall–Kier alpha value is -2.53. The highest BCUT2D eigenvalue weighted by molar-refractivity contribution is 5.90. The predicted octanol–water partition coefficient (Wildman–Crippen LogP) is 6.33. The van der Waals surface area contributed by atoms with Crippen LogP contribution in [0.25, 0.3) is 11.1 Å². The zero-order valence-corrected chi connectivity index (χ0v) is 17.0. The summed E-state index contributed by atoms with van der Waals surface area (Å²) in [5.41, 5.74) is 6.51. The molecule has 27 heavy (non-hydrogen) atoms. The van der Waals surface area contributed by atoms with Crippen molar-refractivity contribution in [2.24, 2.45) is 0 Å². The van der Waals surface area contributed by atoms with Gasteiger partial charge in [-0.05, 0) is 55.0 Å². The van der Waals surface area contributed by atoms with Crippen molar-refractivity contribution in [3.63, 3.8) is 0 Å². The van der Waals surface area contributed by atoms with Crippen LogP contribution in [0.15, 0.2) is 36.4 Å². The van der Waals surface area contributed by atoms with E-state index in [0.717, 1.165) is 48.8 Å². The maximum Gasteiger partial charge on any atom is 0.337 e. The first-order valence-electron chi connectivity index (χ1n) is 9.91. The van der Waals surface area contributed by atoms with E-state index in [1.165, 1.54) is 24.7 Å². The Balaban J connectivity index is 2.50. The molecule has 2 rings (SSSR count). The molecule has 2 aromatic rings. The minimum Gasteiger partial charge on any atom is -0.465 e. The molecule has 142 valence electrons. The molecule has 0 aliphatic carbocycles. The predicted molar refractivity (Wildman–Crippen MR) is 113 cm³/mol. The second-order valence-electron chi connectivity index (χ2n) is 6.92. The van der Waals surface area contributed by atoms with Gasteiger partial charge in [0, 0.05) is 12.0 Å². The van der Waals surface area contributed by atoms with Gasteiger partial charge in [0.2, 0.25) is 0 Å². The number of rotatable bonds is 7. The highest BCUT2D eigenvalue weighted by Gasteiger charge is 2.12. The second-order valence-corrected chi connectivity index (χ2v) is 6.92. The number of hydrogen-bond acceptors (Lipinski definition) is 2. The number of unbranched alkanes of at least 4 members (excludes halogenated alkanes) is 3. The lowest BCUT2D eigenvalue weighted by Crippen LogP contribution is -2.01. The van der Waals surface area contributed by atoms with E-state index in [1.54, 1.807) is 0 Å². The summed E-state index contributed by atoms with van der Waals surface area (Å²) in [6.45, 7) is 6.54. The van der Waals surface area contributed by atoms with Crippen LogP contribution in [0.1, 0.15) is 73.0 Å². The first-order valence-corrected chi connectivity index (χ1v) is 9.91. The molecule has 2 nitrogen and oxygen atoms in total. The third-order valence-corrected chi connectivity index (χ3v) is 4.65. The number of ether oxygens (including phenoxy) is 1. The van der Waals surface area contributed by atoms with E-state index in [-0.39, 0.29) is 5.97 Å². The number of carbonyl (C=O) groups excluding carboxylic acids is 1. The average Bonchev–Trinajstić information content (AvgIpc) is 2.69. The average molecular weight is 363 g/mol. The summed E-state index contributed by atoms with van der Waals surface area (Å²) in [4.78, 5) is 11.7. The minimum absolute atomic E-state index is 0.311. The van der Waals surface area contributed by atoms with E-state index in [4.69, 9.17) is 4.74 Å². The van der Waals surface area contributed by atoms with Gasteiger partial charge in [0.25, 0.3) is 0 Å². The van der Waals surface area contributed by atoms with Gasteiger partial charge in [-0.1, -0.05) is 68.4 Å². The van der Waals surface area contributed by atoms with Crippen LogP contribution in [-0.2, 0) is 11.2 Å². The topological polar surface area (TPSA) is 26.3 Å². The van der Waals surface area contributed by atoms with Gasteiger partial charge in [0.1, 0.15) is 0 Å². The highest BCUT2D eigenvalue weighted by atomic mass is 16.5. The van der Waals surface area contributed by atoms with Crippen LogP contribution in [0.4, 0.5) is 0 Å². The van der Waals surface area contributed by atoms with Gasteiger partial charge >= 0.3 is 5.97 Å². The molecule has 0 saturated carbocycles. The summed E-state index contributed by atoms with van der Waals surface area (Å²) in [5.74, 6) is 6.51. The molecule has 0 N–H and O–H groups in total. The van der Waals surface area contributed by atoms with Gasteiger partial charge in [-0.15, -0.1) is 0 Å². The first-order chi connectivity index (χ1) is 13.1. The van der Waals surface area contributed by atoms with Crippen LogP contribution in [0.5, 0.6) is 0 Å². The van der Waals surface area contributed by atoms with Crippen LogP contribution < -0.4 is 0 Å². The summed E-state index contributed by atoms with van der Waals surface area (Å²) in [6, 6.07) is 12.1. The van der Waals surface area contributed by atoms with Gasteiger partial charge in [-0.3, -0.25) is 0 Å². The van der Waals surface area contributed by atoms with Crippen molar-refractivity contribution in [1.29, 1.82) is 0 Å². The smallest absolute Gasteiger partial charge is 0.337 e. The monoisotopic (exact) mass is 362 g/mol. The third kappa shape index (κ3) is 5.73. The van der Waals surface area contributed by atoms with Gasteiger partial charge < -0.3 is 4.74 Å². The maximum absolute atomic E-state index is 11.7. The number of methoxy groups -OCH3 is 1. The number of benzene rings is 2. The van der Waals surface area contributed by atoms with Crippen LogP contribution in [-0.4, -0.2) is 13.1 Å². The summed E-state index contributed by atoms with van der Waals surface area (Å²) in [7, 11) is 1.40. The van der Waals surface area contributed by atoms with Gasteiger partial charge in [0.05, 0.1) is 12.7 Å². The van der Waals surface area contributed by atoms with Crippen molar-refractivity contribution in [2.75, 3.05) is 7.11 Å². The summed E-state index contributed by atoms with van der Waals surface area (Å²) < 4.78 is 4.80. The van der Waals surface area contributed by atoms with Crippen LogP contribution in [0.2, 0.25) is 0 Å². The number of carbonyl (C=O) groups is 1. The quantitative estimate of drug-likeness (QED) is 0.327. The fraction of sp³-hybridized carbons (Fsp3) is 0.400. The third-order valence-electron chi connectivity index (χ3n) is 4.65. The maximum atomic E-state index is 11.7. The molecule has 0 radical (unpaired) electrons. The number of aryl methyl sites for hydroxylation is 2. The van der Waals surface area contributed by atoms with Crippen molar-refractivity contribution in [3.05, 3.63) is 58.7 Å². The van der Waals surface area contributed by atoms with E-state index in [2.05, 4.69) is 44.7 Å². The summed E-state index contributed by atoms with van der Waals surface area (Å²) >= 11 is 0. The van der Waals surface area contributed by atoms with Crippen molar-refractivity contribution in [3.8, 4) is 23.0 Å².